The summed E-state index contributed by atoms with van der Waals surface area (Å²) in [4.78, 5) is 13.9. The van der Waals surface area contributed by atoms with Crippen molar-refractivity contribution in [2.75, 3.05) is 19.7 Å². The van der Waals surface area contributed by atoms with Gasteiger partial charge in [0.25, 0.3) is 5.91 Å². The van der Waals surface area contributed by atoms with Crippen LogP contribution in [0.5, 0.6) is 11.5 Å². The Hall–Kier alpha value is -2.57. The summed E-state index contributed by atoms with van der Waals surface area (Å²) in [6.07, 6.45) is 1.22. The minimum absolute atomic E-state index is 0.172. The van der Waals surface area contributed by atoms with E-state index in [1.54, 1.807) is 4.90 Å². The first kappa shape index (κ1) is 13.4. The molecular weight excluding hydrogens is 272 g/mol. The van der Waals surface area contributed by atoms with E-state index in [1.807, 2.05) is 31.2 Å². The summed E-state index contributed by atoms with van der Waals surface area (Å²) in [5.41, 5.74) is 0.300. The van der Waals surface area contributed by atoms with Crippen LogP contribution in [-0.2, 0) is 0 Å². The first-order valence-electron chi connectivity index (χ1n) is 6.81. The number of nitrogens with zero attached hydrogens (tertiary/aromatic N) is 3. The van der Waals surface area contributed by atoms with E-state index in [0.29, 0.717) is 31.1 Å². The molecule has 0 radical (unpaired) electrons. The van der Waals surface area contributed by atoms with Crippen LogP contribution < -0.4 is 9.47 Å². The van der Waals surface area contributed by atoms with Crippen LogP contribution in [0.15, 0.2) is 30.5 Å². The third-order valence-electron chi connectivity index (χ3n) is 3.29. The van der Waals surface area contributed by atoms with E-state index in [1.165, 1.54) is 6.20 Å². The highest BCUT2D eigenvalue weighted by Crippen LogP contribution is 2.31. The normalized spacial score (nSPS) is 16.5. The lowest BCUT2D eigenvalue weighted by Gasteiger charge is -2.30. The van der Waals surface area contributed by atoms with Gasteiger partial charge in [0.2, 0.25) is 0 Å². The van der Waals surface area contributed by atoms with Crippen LogP contribution in [0, 0.1) is 0 Å². The summed E-state index contributed by atoms with van der Waals surface area (Å²) >= 11 is 0. The van der Waals surface area contributed by atoms with Gasteiger partial charge in [0.05, 0.1) is 12.7 Å². The van der Waals surface area contributed by atoms with Crippen LogP contribution in [0.4, 0.5) is 0 Å². The van der Waals surface area contributed by atoms with E-state index in [4.69, 9.17) is 9.47 Å². The van der Waals surface area contributed by atoms with Gasteiger partial charge in [0, 0.05) is 6.54 Å². The Kier molecular flexibility index (Phi) is 3.72. The molecule has 3 rings (SSSR count). The van der Waals surface area contributed by atoms with Gasteiger partial charge >= 0.3 is 0 Å². The minimum atomic E-state index is -0.198. The second-order valence-electron chi connectivity index (χ2n) is 4.70. The highest BCUT2D eigenvalue weighted by atomic mass is 16.6. The van der Waals surface area contributed by atoms with Crippen molar-refractivity contribution in [2.45, 2.75) is 13.0 Å². The molecule has 0 saturated carbocycles. The first-order chi connectivity index (χ1) is 10.3. The average molecular weight is 288 g/mol. The van der Waals surface area contributed by atoms with Crippen LogP contribution >= 0.6 is 0 Å². The number of aromatic nitrogens is 3. The van der Waals surface area contributed by atoms with Crippen molar-refractivity contribution < 1.29 is 14.3 Å². The number of H-pyrrole nitrogens is 1. The molecule has 1 aromatic carbocycles. The zero-order valence-corrected chi connectivity index (χ0v) is 11.7. The number of hydrogen-bond donors (Lipinski definition) is 1. The minimum Gasteiger partial charge on any atom is -0.486 e. The number of ether oxygens (including phenoxy) is 2. The van der Waals surface area contributed by atoms with Gasteiger partial charge in [0.1, 0.15) is 6.61 Å². The van der Waals surface area contributed by atoms with E-state index < -0.39 is 0 Å². The summed E-state index contributed by atoms with van der Waals surface area (Å²) in [6, 6.07) is 7.51. The van der Waals surface area contributed by atoms with Gasteiger partial charge < -0.3 is 14.4 Å². The predicted molar refractivity (Wildman–Crippen MR) is 74.3 cm³/mol. The largest absolute Gasteiger partial charge is 0.486 e. The van der Waals surface area contributed by atoms with E-state index in [0.717, 1.165) is 5.75 Å². The molecule has 21 heavy (non-hydrogen) atoms. The first-order valence-corrected chi connectivity index (χ1v) is 6.81. The van der Waals surface area contributed by atoms with Crippen LogP contribution in [0.25, 0.3) is 0 Å². The highest BCUT2D eigenvalue weighted by Gasteiger charge is 2.26. The smallest absolute Gasteiger partial charge is 0.276 e. The average Bonchev–Trinajstić information content (AvgIpc) is 3.06. The van der Waals surface area contributed by atoms with E-state index in [2.05, 4.69) is 15.4 Å². The van der Waals surface area contributed by atoms with Crippen molar-refractivity contribution in [3.8, 4) is 11.5 Å². The van der Waals surface area contributed by atoms with Gasteiger partial charge in [-0.1, -0.05) is 12.1 Å². The number of hydrogen-bond acceptors (Lipinski definition) is 5. The van der Waals surface area contributed by atoms with E-state index in [9.17, 15) is 4.79 Å². The number of aromatic amines is 1. The van der Waals surface area contributed by atoms with Crippen molar-refractivity contribution in [1.29, 1.82) is 0 Å². The Balaban J connectivity index is 1.67. The molecule has 0 saturated heterocycles. The number of carbonyl (C=O) groups excluding carboxylic acids is 1. The topological polar surface area (TPSA) is 80.3 Å². The SMILES string of the molecule is CCN(CC1COc2ccccc2O1)C(=O)c1cn[nH]n1. The van der Waals surface area contributed by atoms with E-state index in [-0.39, 0.29) is 12.0 Å². The molecule has 1 unspecified atom stereocenters. The summed E-state index contributed by atoms with van der Waals surface area (Å²) in [6.45, 7) is 3.33. The fourth-order valence-corrected chi connectivity index (χ4v) is 2.22. The second-order valence-corrected chi connectivity index (χ2v) is 4.70. The zero-order valence-electron chi connectivity index (χ0n) is 11.7. The molecule has 0 bridgehead atoms. The molecule has 0 fully saturated rings. The van der Waals surface area contributed by atoms with Crippen molar-refractivity contribution in [2.24, 2.45) is 0 Å². The maximum absolute atomic E-state index is 12.3. The highest BCUT2D eigenvalue weighted by molar-refractivity contribution is 5.91. The van der Waals surface area contributed by atoms with Crippen LogP contribution in [0.1, 0.15) is 17.4 Å². The lowest BCUT2D eigenvalue weighted by atomic mass is 10.2. The van der Waals surface area contributed by atoms with Crippen molar-refractivity contribution in [1.82, 2.24) is 20.3 Å². The second kappa shape index (κ2) is 5.82. The third-order valence-corrected chi connectivity index (χ3v) is 3.29. The summed E-state index contributed by atoms with van der Waals surface area (Å²) in [5.74, 6) is 1.27. The summed E-state index contributed by atoms with van der Waals surface area (Å²) < 4.78 is 11.5. The summed E-state index contributed by atoms with van der Waals surface area (Å²) in [7, 11) is 0. The number of nitrogens with one attached hydrogen (secondary N) is 1. The molecule has 110 valence electrons. The van der Waals surface area contributed by atoms with Crippen molar-refractivity contribution in [3.63, 3.8) is 0 Å². The third kappa shape index (κ3) is 2.81. The molecule has 1 aliphatic heterocycles. The van der Waals surface area contributed by atoms with Gasteiger partial charge in [-0.25, -0.2) is 0 Å². The molecule has 0 aliphatic carbocycles. The maximum Gasteiger partial charge on any atom is 0.276 e. The lowest BCUT2D eigenvalue weighted by Crippen LogP contribution is -2.43. The van der Waals surface area contributed by atoms with Crippen molar-refractivity contribution >= 4 is 5.91 Å². The van der Waals surface area contributed by atoms with Crippen LogP contribution in [0.2, 0.25) is 0 Å². The quantitative estimate of drug-likeness (QED) is 0.911. The summed E-state index contributed by atoms with van der Waals surface area (Å²) in [5, 5.41) is 9.91. The number of carbonyl (C=O) groups is 1. The molecule has 2 heterocycles. The molecular formula is C14H16N4O3. The monoisotopic (exact) mass is 288 g/mol. The van der Waals surface area contributed by atoms with Gasteiger partial charge in [0.15, 0.2) is 23.3 Å². The fraction of sp³-hybridized carbons (Fsp3) is 0.357. The Morgan fingerprint density at radius 3 is 2.95 bits per heavy atom. The number of rotatable bonds is 4. The van der Waals surface area contributed by atoms with Crippen molar-refractivity contribution in [3.05, 3.63) is 36.2 Å². The number of amides is 1. The fourth-order valence-electron chi connectivity index (χ4n) is 2.22. The Bertz CT molecular complexity index is 614. The molecule has 1 aliphatic rings. The predicted octanol–water partition coefficient (Wildman–Crippen LogP) is 1.11. The molecule has 1 atom stereocenters. The molecule has 1 aromatic heterocycles. The molecule has 7 heteroatoms. The molecule has 2 aromatic rings. The number of benzene rings is 1. The van der Waals surface area contributed by atoms with E-state index >= 15 is 0 Å². The van der Waals surface area contributed by atoms with Gasteiger partial charge in [-0.05, 0) is 19.1 Å². The maximum atomic E-state index is 12.3. The Labute approximate surface area is 121 Å². The zero-order chi connectivity index (χ0) is 14.7. The van der Waals surface area contributed by atoms with Gasteiger partial charge in [-0.15, -0.1) is 0 Å². The number of para-hydroxylation sites is 2. The molecule has 0 spiro atoms. The molecule has 1 amide bonds. The standard InChI is InChI=1S/C14H16N4O3/c1-2-18(14(19)11-7-15-17-16-11)8-10-9-20-12-5-3-4-6-13(12)21-10/h3-7,10H,2,8-9H2,1H3,(H,15,16,17). The Morgan fingerprint density at radius 1 is 1.43 bits per heavy atom. The molecule has 7 nitrogen and oxygen atoms in total. The number of likely N-dealkylation sites (N-methyl/N-ethyl adjacent to an activating group) is 1. The van der Waals surface area contributed by atoms with Gasteiger partial charge in [-0.2, -0.15) is 15.4 Å². The van der Waals surface area contributed by atoms with Gasteiger partial charge in [-0.3, -0.25) is 4.79 Å². The van der Waals surface area contributed by atoms with Crippen LogP contribution in [0.3, 0.4) is 0 Å². The lowest BCUT2D eigenvalue weighted by molar-refractivity contribution is 0.0471. The molecule has 1 N–H and O–H groups in total. The Morgan fingerprint density at radius 2 is 2.24 bits per heavy atom. The van der Waals surface area contributed by atoms with Crippen LogP contribution in [-0.4, -0.2) is 52.0 Å². The number of fused-ring (bicyclic) bond motifs is 1.